The van der Waals surface area contributed by atoms with E-state index in [0.717, 1.165) is 22.5 Å². The van der Waals surface area contributed by atoms with Crippen LogP contribution in [0.4, 0.5) is 10.5 Å². The summed E-state index contributed by atoms with van der Waals surface area (Å²) in [5.74, 6) is 0.523. The molecule has 6 rings (SSSR count). The van der Waals surface area contributed by atoms with Crippen LogP contribution >= 0.6 is 0 Å². The lowest BCUT2D eigenvalue weighted by Crippen LogP contribution is -2.71. The summed E-state index contributed by atoms with van der Waals surface area (Å²) < 4.78 is 47.6. The number of aromatic nitrogens is 3. The first kappa shape index (κ1) is 42.5. The molecule has 2 amide bonds. The molecule has 1 fully saturated rings. The number of nitro groups is 1. The topological polar surface area (TPSA) is 217 Å². The number of carbonyl (C=O) groups excluding carboxylic acids is 1. The van der Waals surface area contributed by atoms with E-state index in [1.807, 2.05) is 60.7 Å². The smallest absolute Gasteiger partial charge is 0.405 e. The average Bonchev–Trinajstić information content (AvgIpc) is 3.62. The first-order valence-electron chi connectivity index (χ1n) is 18.5. The average molecular weight is 844 g/mol. The molecule has 310 valence electrons. The molecule has 1 aromatic heterocycles. The number of rotatable bonds is 17. The van der Waals surface area contributed by atoms with Gasteiger partial charge in [-0.25, -0.2) is 17.9 Å². The second-order valence-corrected chi connectivity index (χ2v) is 20.8. The number of hydrogen-bond donors (Lipinski definition) is 3. The van der Waals surface area contributed by atoms with E-state index < -0.39 is 69.5 Å². The lowest BCUT2D eigenvalue weighted by Gasteiger charge is -2.46. The maximum absolute atomic E-state index is 13.6. The minimum absolute atomic E-state index is 0.0576. The molecule has 2 heterocycles. The molecule has 1 aliphatic rings. The number of amides is 2. The molecule has 0 bridgehead atoms. The third-order valence-corrected chi connectivity index (χ3v) is 16.7. The summed E-state index contributed by atoms with van der Waals surface area (Å²) >= 11 is 0. The number of nitro benzene ring substituents is 1. The van der Waals surface area contributed by atoms with E-state index in [4.69, 9.17) is 19.0 Å². The van der Waals surface area contributed by atoms with Crippen molar-refractivity contribution in [3.8, 4) is 11.5 Å². The number of ether oxygens (including phenoxy) is 2. The van der Waals surface area contributed by atoms with Crippen molar-refractivity contribution >= 4 is 46.4 Å². The van der Waals surface area contributed by atoms with Gasteiger partial charge in [-0.2, -0.15) is 15.0 Å². The summed E-state index contributed by atoms with van der Waals surface area (Å²) in [5.41, 5.74) is 0.458. The largest absolute Gasteiger partial charge is 0.497 e. The minimum Gasteiger partial charge on any atom is -0.497 e. The van der Waals surface area contributed by atoms with Crippen molar-refractivity contribution in [1.82, 2.24) is 29.9 Å². The second kappa shape index (κ2) is 17.4. The van der Waals surface area contributed by atoms with E-state index in [1.165, 1.54) is 36.0 Å². The Kier molecular flexibility index (Phi) is 12.5. The molecule has 4 aromatic carbocycles. The van der Waals surface area contributed by atoms with Gasteiger partial charge in [-0.3, -0.25) is 14.9 Å². The van der Waals surface area contributed by atoms with Crippen molar-refractivity contribution in [1.29, 1.82) is 0 Å². The molecule has 59 heavy (non-hydrogen) atoms. The first-order chi connectivity index (χ1) is 28.1. The number of β-lactam (4-membered cyclic amide) rings is 1. The van der Waals surface area contributed by atoms with Crippen LogP contribution in [-0.4, -0.2) is 85.0 Å². The number of para-hydroxylation sites is 1. The molecule has 0 radical (unpaired) electrons. The van der Waals surface area contributed by atoms with Gasteiger partial charge in [0.05, 0.1) is 44.9 Å². The summed E-state index contributed by atoms with van der Waals surface area (Å²) in [4.78, 5) is 38.5. The van der Waals surface area contributed by atoms with Gasteiger partial charge < -0.3 is 29.2 Å². The molecule has 0 unspecified atom stereocenters. The van der Waals surface area contributed by atoms with Crippen molar-refractivity contribution in [3.63, 3.8) is 0 Å². The van der Waals surface area contributed by atoms with E-state index in [2.05, 4.69) is 35.9 Å². The summed E-state index contributed by atoms with van der Waals surface area (Å²) in [6.07, 6.45) is -1.40. The molecule has 3 N–H and O–H groups in total. The summed E-state index contributed by atoms with van der Waals surface area (Å²) in [6, 6.07) is 28.0. The molecule has 1 saturated heterocycles. The third-order valence-electron chi connectivity index (χ3n) is 10.2. The van der Waals surface area contributed by atoms with Crippen LogP contribution < -0.4 is 29.9 Å². The first-order valence-corrected chi connectivity index (χ1v) is 21.9. The Bertz CT molecular complexity index is 2390. The number of sulfonamides is 1. The van der Waals surface area contributed by atoms with Crippen LogP contribution in [0.3, 0.4) is 0 Å². The molecule has 17 nitrogen and oxygen atoms in total. The molecule has 2 atom stereocenters. The number of hydrogen-bond acceptors (Lipinski definition) is 11. The third kappa shape index (κ3) is 8.82. The zero-order chi connectivity index (χ0) is 42.5. The van der Waals surface area contributed by atoms with E-state index in [1.54, 1.807) is 18.2 Å². The van der Waals surface area contributed by atoms with E-state index in [0.29, 0.717) is 17.1 Å². The number of carbonyl (C=O) groups is 2. The molecular weight excluding hydrogens is 799 g/mol. The summed E-state index contributed by atoms with van der Waals surface area (Å²) in [6.45, 7) is 5.72. The Morgan fingerprint density at radius 2 is 1.53 bits per heavy atom. The Hall–Kier alpha value is -6.15. The lowest BCUT2D eigenvalue weighted by atomic mass is 9.94. The fourth-order valence-electron chi connectivity index (χ4n) is 7.39. The van der Waals surface area contributed by atoms with E-state index in [-0.39, 0.29) is 31.1 Å². The van der Waals surface area contributed by atoms with Crippen molar-refractivity contribution in [2.24, 2.45) is 0 Å². The molecule has 0 aliphatic carbocycles. The normalized spacial score (nSPS) is 15.7. The van der Waals surface area contributed by atoms with Crippen molar-refractivity contribution in [3.05, 3.63) is 130 Å². The van der Waals surface area contributed by atoms with Gasteiger partial charge in [0, 0.05) is 24.2 Å². The minimum atomic E-state index is -4.45. The van der Waals surface area contributed by atoms with Crippen LogP contribution in [0.5, 0.6) is 11.5 Å². The second-order valence-electron chi connectivity index (χ2n) is 14.8. The zero-order valence-corrected chi connectivity index (χ0v) is 34.9. The lowest BCUT2D eigenvalue weighted by molar-refractivity contribution is -0.387. The molecule has 0 spiro atoms. The zero-order valence-electron chi connectivity index (χ0n) is 33.1. The van der Waals surface area contributed by atoms with Gasteiger partial charge in [0.25, 0.3) is 14.0 Å². The monoisotopic (exact) mass is 843 g/mol. The van der Waals surface area contributed by atoms with Crippen LogP contribution in [0.1, 0.15) is 37.7 Å². The van der Waals surface area contributed by atoms with Gasteiger partial charge in [0.15, 0.2) is 4.90 Å². The van der Waals surface area contributed by atoms with Gasteiger partial charge in [0.1, 0.15) is 28.9 Å². The van der Waals surface area contributed by atoms with Crippen LogP contribution in [-0.2, 0) is 45.5 Å². The number of nitrogens with zero attached hydrogens (tertiary/aromatic N) is 5. The summed E-state index contributed by atoms with van der Waals surface area (Å²) in [5, 5.41) is 34.7. The van der Waals surface area contributed by atoms with Gasteiger partial charge >= 0.3 is 6.09 Å². The van der Waals surface area contributed by atoms with Crippen molar-refractivity contribution in [2.75, 3.05) is 14.2 Å². The molecule has 19 heteroatoms. The Morgan fingerprint density at radius 1 is 0.915 bits per heavy atom. The highest BCUT2D eigenvalue weighted by Gasteiger charge is 2.51. The standard InChI is InChI=1S/C40H45N7O10SSi/c1-40(2,3)59(29-14-8-6-9-15-29,30-16-10-7-11-17-30)57-26-32-31(23-41-58(53,54)36-19-13-12-18-33(36)47(51)52)43-46(44-32)25-34-37(42-39(49)50)38(48)45(34)24-27-20-21-28(55-4)22-35(27)56-5/h6-22,34,37,41-42H,23-26H2,1-5H3,(H,49,50)/t34-,37-/m0/s1. The Morgan fingerprint density at radius 3 is 2.10 bits per heavy atom. The number of nitrogens with one attached hydrogen (secondary N) is 2. The maximum Gasteiger partial charge on any atom is 0.405 e. The fourth-order valence-corrected chi connectivity index (χ4v) is 13.1. The van der Waals surface area contributed by atoms with Crippen LogP contribution in [0, 0.1) is 10.1 Å². The SMILES string of the molecule is COc1ccc(CN2C(=O)[C@@H](NC(=O)O)[C@@H]2Cn2nc(CNS(=O)(=O)c3ccccc3[N+](=O)[O-])c(CO[Si](c3ccccc3)(c3ccccc3)C(C)(C)C)n2)c(OC)c1. The Labute approximate surface area is 342 Å². The molecular formula is C40H45N7O10SSi. The number of benzene rings is 4. The predicted octanol–water partition coefficient (Wildman–Crippen LogP) is 3.81. The van der Waals surface area contributed by atoms with Crippen LogP contribution in [0.25, 0.3) is 0 Å². The highest BCUT2D eigenvalue weighted by Crippen LogP contribution is 2.38. The van der Waals surface area contributed by atoms with Gasteiger partial charge in [-0.05, 0) is 33.6 Å². The number of likely N-dealkylation sites (tertiary alicyclic amines) is 1. The predicted molar refractivity (Wildman–Crippen MR) is 218 cm³/mol. The van der Waals surface area contributed by atoms with Gasteiger partial charge in [0.2, 0.25) is 15.9 Å². The van der Waals surface area contributed by atoms with Crippen LogP contribution in [0.2, 0.25) is 5.04 Å². The summed E-state index contributed by atoms with van der Waals surface area (Å²) in [7, 11) is -4.60. The number of methoxy groups -OCH3 is 2. The van der Waals surface area contributed by atoms with E-state index in [9.17, 15) is 33.2 Å². The fraction of sp³-hybridized carbons (Fsp3) is 0.300. The highest BCUT2D eigenvalue weighted by molar-refractivity contribution is 7.89. The molecule has 0 saturated carbocycles. The highest BCUT2D eigenvalue weighted by atomic mass is 32.2. The Balaban J connectivity index is 1.39. The quantitative estimate of drug-likeness (QED) is 0.0527. The van der Waals surface area contributed by atoms with Gasteiger partial charge in [-0.15, -0.1) is 0 Å². The van der Waals surface area contributed by atoms with Gasteiger partial charge in [-0.1, -0.05) is 93.6 Å². The van der Waals surface area contributed by atoms with Crippen molar-refractivity contribution < 1.29 is 41.9 Å². The number of carboxylic acid groups (broad SMARTS) is 1. The van der Waals surface area contributed by atoms with E-state index >= 15 is 0 Å². The maximum atomic E-state index is 13.6. The molecule has 1 aliphatic heterocycles. The van der Waals surface area contributed by atoms with Crippen LogP contribution in [0.15, 0.2) is 108 Å². The van der Waals surface area contributed by atoms with Crippen molar-refractivity contribution in [2.45, 2.75) is 69.0 Å². The molecule has 5 aromatic rings.